The lowest BCUT2D eigenvalue weighted by molar-refractivity contribution is 0.0388. The van der Waals surface area contributed by atoms with Gasteiger partial charge in [-0.2, -0.15) is 4.31 Å². The van der Waals surface area contributed by atoms with E-state index in [1.807, 2.05) is 24.4 Å². The summed E-state index contributed by atoms with van der Waals surface area (Å²) in [6, 6.07) is 11.4. The highest BCUT2D eigenvalue weighted by atomic mass is 32.2. The lowest BCUT2D eigenvalue weighted by atomic mass is 9.99. The average molecular weight is 639 g/mol. The van der Waals surface area contributed by atoms with Crippen molar-refractivity contribution in [3.05, 3.63) is 77.7 Å². The maximum absolute atomic E-state index is 13.8. The second-order valence-corrected chi connectivity index (χ2v) is 13.7. The zero-order chi connectivity index (χ0) is 31.6. The highest BCUT2D eigenvalue weighted by molar-refractivity contribution is 7.89. The number of nitrogens with one attached hydrogen (secondary N) is 1. The largest absolute Gasteiger partial charge is 0.486 e. The Balaban J connectivity index is 1.47. The fourth-order valence-corrected chi connectivity index (χ4v) is 6.70. The smallest absolute Gasteiger partial charge is 0.261 e. The topological polar surface area (TPSA) is 147 Å². The monoisotopic (exact) mass is 638 g/mol. The Morgan fingerprint density at radius 2 is 1.98 bits per heavy atom. The number of benzene rings is 2. The number of likely N-dealkylation sites (N-methyl/N-ethyl adjacent to an activating group) is 1. The van der Waals surface area contributed by atoms with Crippen molar-refractivity contribution in [2.75, 3.05) is 32.1 Å². The minimum Gasteiger partial charge on any atom is -0.486 e. The minimum atomic E-state index is -3.94. The summed E-state index contributed by atoms with van der Waals surface area (Å²) in [6.45, 7) is 3.48. The predicted octanol–water partition coefficient (Wildman–Crippen LogP) is 3.34. The Morgan fingerprint density at radius 3 is 2.61 bits per heavy atom. The normalized spacial score (nSPS) is 17.9. The number of para-hydroxylation sites is 1. The van der Waals surface area contributed by atoms with E-state index in [4.69, 9.17) is 4.74 Å². The number of aliphatic hydroxyl groups is 1. The van der Waals surface area contributed by atoms with Crippen molar-refractivity contribution in [1.29, 1.82) is 0 Å². The lowest BCUT2D eigenvalue weighted by Crippen LogP contribution is -2.50. The number of thiazole rings is 1. The highest BCUT2D eigenvalue weighted by Crippen LogP contribution is 2.35. The van der Waals surface area contributed by atoms with E-state index in [9.17, 15) is 23.1 Å². The summed E-state index contributed by atoms with van der Waals surface area (Å²) in [7, 11) is -0.813. The molecule has 1 aliphatic rings. The number of ether oxygens (including phenoxy) is 1. The Morgan fingerprint density at radius 1 is 1.23 bits per heavy atom. The summed E-state index contributed by atoms with van der Waals surface area (Å²) in [6.07, 6.45) is 3.82. The number of fused-ring (bicyclic) bond motifs is 1. The molecule has 232 valence electrons. The van der Waals surface area contributed by atoms with Gasteiger partial charge in [-0.1, -0.05) is 25.1 Å². The van der Waals surface area contributed by atoms with Crippen LogP contribution in [0, 0.1) is 5.92 Å². The van der Waals surface area contributed by atoms with E-state index in [-0.39, 0.29) is 53.5 Å². The van der Waals surface area contributed by atoms with E-state index in [1.165, 1.54) is 35.2 Å². The lowest BCUT2D eigenvalue weighted by Gasteiger charge is -2.38. The highest BCUT2D eigenvalue weighted by Gasteiger charge is 2.36. The van der Waals surface area contributed by atoms with Crippen LogP contribution in [0.25, 0.3) is 10.6 Å². The van der Waals surface area contributed by atoms with E-state index in [1.54, 1.807) is 60.0 Å². The molecule has 0 spiro atoms. The van der Waals surface area contributed by atoms with E-state index >= 15 is 0 Å². The molecule has 2 aromatic carbocycles. The number of anilines is 1. The molecule has 0 aliphatic carbocycles. The number of rotatable bonds is 9. The molecule has 2 amide bonds. The number of aryl methyl sites for hydroxylation is 1. The summed E-state index contributed by atoms with van der Waals surface area (Å²) in [5.74, 6) is -1.02. The summed E-state index contributed by atoms with van der Waals surface area (Å²) < 4.78 is 35.8. The molecule has 2 aromatic heterocycles. The van der Waals surface area contributed by atoms with Crippen LogP contribution in [0.5, 0.6) is 5.75 Å². The molecule has 44 heavy (non-hydrogen) atoms. The molecule has 0 fully saturated rings. The molecular formula is C30H34N6O6S2. The first-order valence-corrected chi connectivity index (χ1v) is 16.3. The standard InChI is InChI=1S/C30H34N6O6S2/c1-19-14-36(20(2)17-37)30(39)23-6-5-7-24(33-28(38)21-8-10-22(11-9-21)29-31-12-13-43-29)27(23)42-25(19)15-35(4)44(40,41)26-16-34(3)18-32-26/h5-13,16,18-20,25,37H,14-15,17H2,1-4H3,(H,33,38)/t19-,20+,25+/m0/s1. The van der Waals surface area contributed by atoms with Gasteiger partial charge in [0.2, 0.25) is 0 Å². The third kappa shape index (κ3) is 6.38. The van der Waals surface area contributed by atoms with Gasteiger partial charge in [0.05, 0.1) is 36.8 Å². The molecular weight excluding hydrogens is 605 g/mol. The third-order valence-electron chi connectivity index (χ3n) is 7.56. The third-order valence-corrected chi connectivity index (χ3v) is 10.1. The van der Waals surface area contributed by atoms with E-state index in [0.29, 0.717) is 5.56 Å². The number of hydrogen-bond donors (Lipinski definition) is 2. The van der Waals surface area contributed by atoms with Crippen molar-refractivity contribution in [1.82, 2.24) is 23.7 Å². The molecule has 2 N–H and O–H groups in total. The maximum Gasteiger partial charge on any atom is 0.261 e. The summed E-state index contributed by atoms with van der Waals surface area (Å²) >= 11 is 1.50. The summed E-state index contributed by atoms with van der Waals surface area (Å²) in [5.41, 5.74) is 1.72. The number of aliphatic hydroxyl groups excluding tert-OH is 1. The predicted molar refractivity (Wildman–Crippen MR) is 166 cm³/mol. The van der Waals surface area contributed by atoms with Gasteiger partial charge in [0.1, 0.15) is 11.1 Å². The van der Waals surface area contributed by atoms with E-state index in [2.05, 4.69) is 15.3 Å². The first kappa shape index (κ1) is 31.3. The van der Waals surface area contributed by atoms with Crippen LogP contribution >= 0.6 is 11.3 Å². The van der Waals surface area contributed by atoms with Crippen LogP contribution in [0.4, 0.5) is 5.69 Å². The van der Waals surface area contributed by atoms with E-state index in [0.717, 1.165) is 10.6 Å². The quantitative estimate of drug-likeness (QED) is 0.284. The molecule has 4 aromatic rings. The Bertz CT molecular complexity index is 1740. The van der Waals surface area contributed by atoms with Crippen molar-refractivity contribution in [3.8, 4) is 16.3 Å². The molecule has 0 saturated carbocycles. The summed E-state index contributed by atoms with van der Waals surface area (Å²) in [4.78, 5) is 37.0. The van der Waals surface area contributed by atoms with Crippen LogP contribution in [0.1, 0.15) is 34.6 Å². The number of aromatic nitrogens is 3. The zero-order valence-electron chi connectivity index (χ0n) is 24.7. The first-order valence-electron chi connectivity index (χ1n) is 14.0. The van der Waals surface area contributed by atoms with Gasteiger partial charge in [0, 0.05) is 55.5 Å². The first-order chi connectivity index (χ1) is 21.0. The average Bonchev–Trinajstić information content (AvgIpc) is 3.71. The van der Waals surface area contributed by atoms with Crippen molar-refractivity contribution < 1.29 is 27.9 Å². The molecule has 3 heterocycles. The fourth-order valence-electron chi connectivity index (χ4n) is 4.92. The maximum atomic E-state index is 13.8. The molecule has 14 heteroatoms. The van der Waals surface area contributed by atoms with Gasteiger partial charge in [-0.15, -0.1) is 11.3 Å². The number of carbonyl (C=O) groups is 2. The number of imidazole rings is 1. The molecule has 12 nitrogen and oxygen atoms in total. The summed E-state index contributed by atoms with van der Waals surface area (Å²) in [5, 5.41) is 15.4. The van der Waals surface area contributed by atoms with Gasteiger partial charge in [0.25, 0.3) is 21.8 Å². The van der Waals surface area contributed by atoms with Crippen LogP contribution in [-0.2, 0) is 17.1 Å². The van der Waals surface area contributed by atoms with Crippen LogP contribution < -0.4 is 10.1 Å². The van der Waals surface area contributed by atoms with Crippen molar-refractivity contribution in [2.24, 2.45) is 13.0 Å². The molecule has 3 atom stereocenters. The Hall–Kier alpha value is -4.11. The molecule has 0 bridgehead atoms. The SMILES string of the molecule is C[C@H](CO)N1C[C@H](C)[C@@H](CN(C)S(=O)(=O)c2cn(C)cn2)Oc2c(NC(=O)c3ccc(-c4nccs4)cc3)cccc2C1=O. The molecule has 0 unspecified atom stereocenters. The van der Waals surface area contributed by atoms with Crippen molar-refractivity contribution in [3.63, 3.8) is 0 Å². The van der Waals surface area contributed by atoms with Crippen LogP contribution in [0.3, 0.4) is 0 Å². The van der Waals surface area contributed by atoms with Gasteiger partial charge >= 0.3 is 0 Å². The van der Waals surface area contributed by atoms with Crippen LogP contribution in [-0.4, -0.2) is 88.0 Å². The number of carbonyl (C=O) groups excluding carboxylic acids is 2. The number of sulfonamides is 1. The zero-order valence-corrected chi connectivity index (χ0v) is 26.4. The molecule has 0 saturated heterocycles. The second kappa shape index (κ2) is 12.9. The van der Waals surface area contributed by atoms with Gasteiger partial charge in [-0.25, -0.2) is 18.4 Å². The Kier molecular flexibility index (Phi) is 9.15. The van der Waals surface area contributed by atoms with Crippen LogP contribution in [0.15, 0.2) is 71.6 Å². The molecule has 0 radical (unpaired) electrons. The molecule has 5 rings (SSSR count). The van der Waals surface area contributed by atoms with Crippen LogP contribution in [0.2, 0.25) is 0 Å². The number of nitrogens with zero attached hydrogens (tertiary/aromatic N) is 5. The van der Waals surface area contributed by atoms with Crippen molar-refractivity contribution in [2.45, 2.75) is 31.0 Å². The van der Waals surface area contributed by atoms with Crippen molar-refractivity contribution >= 4 is 38.9 Å². The molecule has 1 aliphatic heterocycles. The Labute approximate surface area is 260 Å². The van der Waals surface area contributed by atoms with Gasteiger partial charge in [-0.05, 0) is 31.2 Å². The minimum absolute atomic E-state index is 0.0600. The van der Waals surface area contributed by atoms with Gasteiger partial charge in [0.15, 0.2) is 10.8 Å². The van der Waals surface area contributed by atoms with Gasteiger partial charge < -0.3 is 24.6 Å². The number of amides is 2. The van der Waals surface area contributed by atoms with E-state index < -0.39 is 28.1 Å². The number of hydrogen-bond acceptors (Lipinski definition) is 9. The van der Waals surface area contributed by atoms with Gasteiger partial charge in [-0.3, -0.25) is 9.59 Å². The second-order valence-electron chi connectivity index (χ2n) is 10.8. The fraction of sp³-hybridized carbons (Fsp3) is 0.333.